The Bertz CT molecular complexity index is 432. The number of hydrogen-bond donors (Lipinski definition) is 1. The number of halogens is 1. The summed E-state index contributed by atoms with van der Waals surface area (Å²) in [5.74, 6) is -0.173. The van der Waals surface area contributed by atoms with E-state index >= 15 is 0 Å². The van der Waals surface area contributed by atoms with Crippen molar-refractivity contribution in [3.63, 3.8) is 0 Å². The minimum atomic E-state index is -0.323. The second-order valence-corrected chi connectivity index (χ2v) is 5.19. The maximum atomic E-state index is 14.1. The van der Waals surface area contributed by atoms with Crippen LogP contribution in [0.5, 0.6) is 0 Å². The highest BCUT2D eigenvalue weighted by Gasteiger charge is 2.27. The Balaban J connectivity index is 1.95. The maximum absolute atomic E-state index is 14.1. The first-order chi connectivity index (χ1) is 8.75. The molecule has 2 heterocycles. The van der Waals surface area contributed by atoms with Gasteiger partial charge in [0.1, 0.15) is 5.82 Å². The van der Waals surface area contributed by atoms with Crippen molar-refractivity contribution in [3.8, 4) is 0 Å². The van der Waals surface area contributed by atoms with E-state index in [9.17, 15) is 9.50 Å². The Hall–Kier alpha value is -1.29. The fraction of sp³-hybridized carbons (Fsp3) is 0.571. The predicted molar refractivity (Wildman–Crippen MR) is 70.7 cm³/mol. The summed E-state index contributed by atoms with van der Waals surface area (Å²) in [7, 11) is 0. The van der Waals surface area contributed by atoms with Gasteiger partial charge < -0.3 is 14.9 Å². The van der Waals surface area contributed by atoms with Gasteiger partial charge in [0, 0.05) is 26.2 Å². The molecule has 0 radical (unpaired) electrons. The molecular weight excluding hydrogens is 231 g/mol. The molecule has 0 aromatic heterocycles. The summed E-state index contributed by atoms with van der Waals surface area (Å²) in [5, 5.41) is 9.63. The van der Waals surface area contributed by atoms with Gasteiger partial charge in [-0.3, -0.25) is 0 Å². The van der Waals surface area contributed by atoms with E-state index in [4.69, 9.17) is 0 Å². The van der Waals surface area contributed by atoms with E-state index in [1.807, 2.05) is 11.0 Å². The third-order valence-electron chi connectivity index (χ3n) is 3.89. The Labute approximate surface area is 107 Å². The first-order valence-corrected chi connectivity index (χ1v) is 6.72. The highest BCUT2D eigenvalue weighted by atomic mass is 19.1. The van der Waals surface area contributed by atoms with E-state index < -0.39 is 0 Å². The highest BCUT2D eigenvalue weighted by Crippen LogP contribution is 2.35. The number of hydrogen-bond acceptors (Lipinski definition) is 3. The predicted octanol–water partition coefficient (Wildman–Crippen LogP) is 2.00. The lowest BCUT2D eigenvalue weighted by molar-refractivity contribution is 0.198. The van der Waals surface area contributed by atoms with Crippen molar-refractivity contribution in [2.24, 2.45) is 0 Å². The van der Waals surface area contributed by atoms with Crippen molar-refractivity contribution in [1.29, 1.82) is 0 Å². The lowest BCUT2D eigenvalue weighted by Gasteiger charge is -2.27. The summed E-state index contributed by atoms with van der Waals surface area (Å²) in [6.07, 6.45) is 2.77. The summed E-state index contributed by atoms with van der Waals surface area (Å²) in [4.78, 5) is 4.23. The van der Waals surface area contributed by atoms with E-state index in [1.165, 1.54) is 18.9 Å². The number of rotatable bonds is 2. The van der Waals surface area contributed by atoms with Crippen LogP contribution in [-0.2, 0) is 0 Å². The molecule has 1 aromatic carbocycles. The summed E-state index contributed by atoms with van der Waals surface area (Å²) in [5.41, 5.74) is 1.66. The van der Waals surface area contributed by atoms with Crippen LogP contribution in [0, 0.1) is 5.82 Å². The first-order valence-electron chi connectivity index (χ1n) is 6.72. The van der Waals surface area contributed by atoms with Crippen LogP contribution in [0.2, 0.25) is 0 Å². The van der Waals surface area contributed by atoms with Gasteiger partial charge in [0.15, 0.2) is 0 Å². The molecule has 0 saturated carbocycles. The van der Waals surface area contributed by atoms with Crippen molar-refractivity contribution >= 4 is 11.4 Å². The molecule has 18 heavy (non-hydrogen) atoms. The normalized spacial score (nSPS) is 24.0. The molecule has 3 nitrogen and oxygen atoms in total. The second-order valence-electron chi connectivity index (χ2n) is 5.19. The minimum Gasteiger partial charge on any atom is -0.391 e. The number of nitrogens with zero attached hydrogens (tertiary/aromatic N) is 2. The van der Waals surface area contributed by atoms with E-state index in [1.54, 1.807) is 6.07 Å². The van der Waals surface area contributed by atoms with Gasteiger partial charge in [-0.1, -0.05) is 6.07 Å². The zero-order valence-corrected chi connectivity index (χ0v) is 10.5. The molecule has 0 amide bonds. The van der Waals surface area contributed by atoms with Crippen molar-refractivity contribution in [3.05, 3.63) is 24.0 Å². The van der Waals surface area contributed by atoms with Gasteiger partial charge in [0.05, 0.1) is 17.5 Å². The molecule has 1 N–H and O–H groups in total. The lowest BCUT2D eigenvalue weighted by Crippen LogP contribution is -2.27. The van der Waals surface area contributed by atoms with Crippen molar-refractivity contribution in [2.45, 2.75) is 25.4 Å². The van der Waals surface area contributed by atoms with Crippen LogP contribution in [0.15, 0.2) is 18.2 Å². The van der Waals surface area contributed by atoms with Gasteiger partial charge in [-0.05, 0) is 31.4 Å². The van der Waals surface area contributed by atoms with Crippen LogP contribution in [0.3, 0.4) is 0 Å². The van der Waals surface area contributed by atoms with Gasteiger partial charge in [0.2, 0.25) is 0 Å². The Morgan fingerprint density at radius 2 is 1.89 bits per heavy atom. The number of β-amino-alcohol motifs (C(OH)–C–C–N with tert-alkyl or cyclic N) is 1. The van der Waals surface area contributed by atoms with E-state index in [2.05, 4.69) is 4.90 Å². The van der Waals surface area contributed by atoms with Gasteiger partial charge >= 0.3 is 0 Å². The topological polar surface area (TPSA) is 26.7 Å². The molecule has 2 aliphatic heterocycles. The fourth-order valence-corrected chi connectivity index (χ4v) is 2.98. The van der Waals surface area contributed by atoms with Gasteiger partial charge in [-0.2, -0.15) is 0 Å². The molecule has 2 aliphatic rings. The van der Waals surface area contributed by atoms with Crippen LogP contribution >= 0.6 is 0 Å². The van der Waals surface area contributed by atoms with Crippen molar-refractivity contribution in [1.82, 2.24) is 0 Å². The van der Waals surface area contributed by atoms with E-state index in [0.717, 1.165) is 31.7 Å². The largest absolute Gasteiger partial charge is 0.391 e. The molecule has 3 rings (SSSR count). The maximum Gasteiger partial charge on any atom is 0.148 e. The van der Waals surface area contributed by atoms with E-state index in [0.29, 0.717) is 12.2 Å². The number of benzene rings is 1. The summed E-state index contributed by atoms with van der Waals surface area (Å²) >= 11 is 0. The smallest absolute Gasteiger partial charge is 0.148 e. The SMILES string of the molecule is OC1CCN(c2c(F)cccc2N2CCCC2)C1. The van der Waals surface area contributed by atoms with Crippen molar-refractivity contribution in [2.75, 3.05) is 36.0 Å². The van der Waals surface area contributed by atoms with E-state index in [-0.39, 0.29) is 11.9 Å². The minimum absolute atomic E-state index is 0.173. The second kappa shape index (κ2) is 4.76. The average molecular weight is 250 g/mol. The first kappa shape index (κ1) is 11.8. The monoisotopic (exact) mass is 250 g/mol. The Morgan fingerprint density at radius 1 is 1.11 bits per heavy atom. The van der Waals surface area contributed by atoms with Crippen LogP contribution < -0.4 is 9.80 Å². The van der Waals surface area contributed by atoms with Crippen molar-refractivity contribution < 1.29 is 9.50 Å². The molecule has 2 fully saturated rings. The fourth-order valence-electron chi connectivity index (χ4n) is 2.98. The van der Waals surface area contributed by atoms with Gasteiger partial charge in [-0.15, -0.1) is 0 Å². The number of anilines is 2. The standard InChI is InChI=1S/C14H19FN2O/c15-12-4-3-5-13(16-7-1-2-8-16)14(12)17-9-6-11(18)10-17/h3-5,11,18H,1-2,6-10H2. The lowest BCUT2D eigenvalue weighted by atomic mass is 10.2. The Kier molecular flexibility index (Phi) is 3.12. The molecule has 4 heteroatoms. The summed E-state index contributed by atoms with van der Waals surface area (Å²) < 4.78 is 14.1. The molecule has 1 atom stereocenters. The highest BCUT2D eigenvalue weighted by molar-refractivity contribution is 5.72. The molecule has 1 aromatic rings. The average Bonchev–Trinajstić information content (AvgIpc) is 2.99. The molecule has 0 spiro atoms. The molecule has 2 saturated heterocycles. The van der Waals surface area contributed by atoms with Gasteiger partial charge in [-0.25, -0.2) is 4.39 Å². The summed E-state index contributed by atoms with van der Waals surface area (Å²) in [6.45, 7) is 3.30. The van der Waals surface area contributed by atoms with Crippen LogP contribution in [0.25, 0.3) is 0 Å². The third kappa shape index (κ3) is 2.05. The summed E-state index contributed by atoms with van der Waals surface area (Å²) in [6, 6.07) is 5.28. The molecule has 0 bridgehead atoms. The third-order valence-corrected chi connectivity index (χ3v) is 3.89. The molecule has 0 aliphatic carbocycles. The number of aliphatic hydroxyl groups excluding tert-OH is 1. The molecule has 98 valence electrons. The number of aliphatic hydroxyl groups is 1. The molecule has 1 unspecified atom stereocenters. The Morgan fingerprint density at radius 3 is 2.56 bits per heavy atom. The quantitative estimate of drug-likeness (QED) is 0.869. The zero-order valence-electron chi connectivity index (χ0n) is 10.5. The molecular formula is C14H19FN2O. The van der Waals surface area contributed by atoms with Gasteiger partial charge in [0.25, 0.3) is 0 Å². The van der Waals surface area contributed by atoms with Crippen LogP contribution in [0.4, 0.5) is 15.8 Å². The zero-order chi connectivity index (χ0) is 12.5. The van der Waals surface area contributed by atoms with Crippen LogP contribution in [0.1, 0.15) is 19.3 Å². The number of para-hydroxylation sites is 1. The van der Waals surface area contributed by atoms with Crippen LogP contribution in [-0.4, -0.2) is 37.4 Å².